The van der Waals surface area contributed by atoms with Crippen LogP contribution in [-0.4, -0.2) is 31.4 Å². The maximum atomic E-state index is 13.1. The monoisotopic (exact) mass is 373 g/mol. The molecule has 1 amide bonds. The molecule has 3 rings (SSSR count). The fourth-order valence-electron chi connectivity index (χ4n) is 2.20. The summed E-state index contributed by atoms with van der Waals surface area (Å²) in [6, 6.07) is 8.98. The summed E-state index contributed by atoms with van der Waals surface area (Å²) < 4.78 is 14.6. The number of nitrogens with two attached hydrogens (primary N) is 2. The van der Waals surface area contributed by atoms with Crippen LogP contribution in [0.25, 0.3) is 5.69 Å². The van der Waals surface area contributed by atoms with E-state index in [0.717, 1.165) is 11.8 Å². The highest BCUT2D eigenvalue weighted by Gasteiger charge is 2.12. The number of rotatable bonds is 5. The third-order valence-electron chi connectivity index (χ3n) is 3.25. The van der Waals surface area contributed by atoms with Gasteiger partial charge in [0, 0.05) is 12.1 Å². The van der Waals surface area contributed by atoms with Crippen molar-refractivity contribution >= 4 is 35.1 Å². The first-order chi connectivity index (χ1) is 12.4. The Hall–Kier alpha value is -3.14. The number of aryl methyl sites for hydroxylation is 1. The summed E-state index contributed by atoms with van der Waals surface area (Å²) in [5.41, 5.74) is 12.6. The van der Waals surface area contributed by atoms with Crippen LogP contribution in [-0.2, 0) is 4.79 Å². The highest BCUT2D eigenvalue weighted by atomic mass is 32.2. The summed E-state index contributed by atoms with van der Waals surface area (Å²) in [6.45, 7) is 1.80. The Kier molecular flexibility index (Phi) is 5.03. The highest BCUT2D eigenvalue weighted by molar-refractivity contribution is 7.99. The van der Waals surface area contributed by atoms with E-state index in [1.807, 2.05) is 0 Å². The van der Waals surface area contributed by atoms with Crippen molar-refractivity contribution in [3.63, 3.8) is 0 Å². The predicted molar refractivity (Wildman–Crippen MR) is 98.5 cm³/mol. The van der Waals surface area contributed by atoms with Crippen LogP contribution < -0.4 is 16.8 Å². The first-order valence-corrected chi connectivity index (χ1v) is 8.54. The summed E-state index contributed by atoms with van der Waals surface area (Å²) in [5, 5.41) is 7.41. The van der Waals surface area contributed by atoms with Crippen molar-refractivity contribution in [3.05, 3.63) is 47.9 Å². The number of benzene rings is 1. The number of hydrogen-bond donors (Lipinski definition) is 3. The lowest BCUT2D eigenvalue weighted by Crippen LogP contribution is -2.17. The largest absolute Gasteiger partial charge is 0.383 e. The molecule has 0 atom stereocenters. The van der Waals surface area contributed by atoms with Crippen molar-refractivity contribution in [3.8, 4) is 5.69 Å². The molecule has 10 heteroatoms. The van der Waals surface area contributed by atoms with E-state index in [-0.39, 0.29) is 29.1 Å². The average molecular weight is 373 g/mol. The first kappa shape index (κ1) is 17.7. The van der Waals surface area contributed by atoms with Crippen LogP contribution in [0, 0.1) is 12.7 Å². The van der Waals surface area contributed by atoms with Crippen LogP contribution in [0.4, 0.5) is 21.8 Å². The van der Waals surface area contributed by atoms with E-state index in [1.54, 1.807) is 25.1 Å². The maximum Gasteiger partial charge on any atom is 0.236 e. The zero-order chi connectivity index (χ0) is 18.7. The fraction of sp³-hybridized carbons (Fsp3) is 0.125. The van der Waals surface area contributed by atoms with Gasteiger partial charge in [0.25, 0.3) is 0 Å². The molecule has 0 fully saturated rings. The van der Waals surface area contributed by atoms with Crippen LogP contribution in [0.5, 0.6) is 0 Å². The third kappa shape index (κ3) is 4.28. The average Bonchev–Trinajstić information content (AvgIpc) is 2.93. The number of anilines is 3. The van der Waals surface area contributed by atoms with Gasteiger partial charge in [0.1, 0.15) is 23.3 Å². The van der Waals surface area contributed by atoms with Gasteiger partial charge >= 0.3 is 0 Å². The first-order valence-electron chi connectivity index (χ1n) is 7.56. The molecule has 1 aromatic carbocycles. The molecule has 0 saturated carbocycles. The minimum atomic E-state index is -0.346. The van der Waals surface area contributed by atoms with Gasteiger partial charge in [-0.15, -0.1) is 0 Å². The maximum absolute atomic E-state index is 13.1. The van der Waals surface area contributed by atoms with Crippen molar-refractivity contribution in [2.75, 3.05) is 22.5 Å². The van der Waals surface area contributed by atoms with E-state index < -0.39 is 0 Å². The summed E-state index contributed by atoms with van der Waals surface area (Å²) in [4.78, 5) is 20.3. The second-order valence-electron chi connectivity index (χ2n) is 5.40. The van der Waals surface area contributed by atoms with E-state index >= 15 is 0 Å². The van der Waals surface area contributed by atoms with Crippen molar-refractivity contribution in [2.45, 2.75) is 12.1 Å². The molecule has 2 aromatic heterocycles. The van der Waals surface area contributed by atoms with Crippen molar-refractivity contribution in [1.29, 1.82) is 0 Å². The van der Waals surface area contributed by atoms with Crippen LogP contribution in [0.2, 0.25) is 0 Å². The molecule has 0 aliphatic heterocycles. The lowest BCUT2D eigenvalue weighted by atomic mass is 10.3. The molecular formula is C16H16FN7OS. The highest BCUT2D eigenvalue weighted by Crippen LogP contribution is 2.20. The van der Waals surface area contributed by atoms with Gasteiger partial charge in [-0.05, 0) is 31.2 Å². The lowest BCUT2D eigenvalue weighted by molar-refractivity contribution is -0.113. The summed E-state index contributed by atoms with van der Waals surface area (Å²) >= 11 is 1.11. The standard InChI is InChI=1S/C16H16FN7OS/c1-9-6-14(24(23-9)11-4-2-10(17)3-5-11)22-15(25)8-26-16-20-12(18)7-13(19)21-16/h2-7H,8H2,1H3,(H,22,25)(H4,18,19,20,21). The number of aromatic nitrogens is 4. The third-order valence-corrected chi connectivity index (χ3v) is 4.10. The molecule has 0 saturated heterocycles. The molecule has 26 heavy (non-hydrogen) atoms. The van der Waals surface area contributed by atoms with Gasteiger partial charge < -0.3 is 16.8 Å². The Balaban J connectivity index is 1.70. The Labute approximate surface area is 152 Å². The topological polar surface area (TPSA) is 125 Å². The normalized spacial score (nSPS) is 10.7. The van der Waals surface area contributed by atoms with Gasteiger partial charge in [-0.1, -0.05) is 11.8 Å². The van der Waals surface area contributed by atoms with E-state index in [2.05, 4.69) is 20.4 Å². The van der Waals surface area contributed by atoms with Crippen LogP contribution in [0.15, 0.2) is 41.6 Å². The zero-order valence-corrected chi connectivity index (χ0v) is 14.6. The number of nitrogen functional groups attached to an aromatic ring is 2. The van der Waals surface area contributed by atoms with E-state index in [9.17, 15) is 9.18 Å². The van der Waals surface area contributed by atoms with Crippen LogP contribution in [0.1, 0.15) is 5.69 Å². The molecule has 0 bridgehead atoms. The smallest absolute Gasteiger partial charge is 0.236 e. The minimum absolute atomic E-state index is 0.0660. The molecule has 5 N–H and O–H groups in total. The van der Waals surface area contributed by atoms with Crippen molar-refractivity contribution in [1.82, 2.24) is 19.7 Å². The van der Waals surface area contributed by atoms with Gasteiger partial charge in [-0.3, -0.25) is 4.79 Å². The molecule has 0 unspecified atom stereocenters. The number of halogens is 1. The molecule has 134 valence electrons. The Morgan fingerprint density at radius 3 is 2.50 bits per heavy atom. The van der Waals surface area contributed by atoms with E-state index in [0.29, 0.717) is 22.4 Å². The summed E-state index contributed by atoms with van der Waals surface area (Å²) in [5.74, 6) is 0.406. The van der Waals surface area contributed by atoms with Crippen LogP contribution in [0.3, 0.4) is 0 Å². The number of hydrogen-bond acceptors (Lipinski definition) is 7. The number of amides is 1. The quantitative estimate of drug-likeness (QED) is 0.461. The summed E-state index contributed by atoms with van der Waals surface area (Å²) in [6.07, 6.45) is 0. The fourth-order valence-corrected chi connectivity index (χ4v) is 2.88. The van der Waals surface area contributed by atoms with Crippen molar-refractivity contribution in [2.24, 2.45) is 0 Å². The minimum Gasteiger partial charge on any atom is -0.383 e. The van der Waals surface area contributed by atoms with Gasteiger partial charge in [0.05, 0.1) is 17.1 Å². The Morgan fingerprint density at radius 2 is 1.85 bits per heavy atom. The predicted octanol–water partition coefficient (Wildman–Crippen LogP) is 2.01. The molecule has 0 radical (unpaired) electrons. The molecular weight excluding hydrogens is 357 g/mol. The zero-order valence-electron chi connectivity index (χ0n) is 13.8. The molecule has 3 aromatic rings. The molecule has 0 aliphatic rings. The number of carbonyl (C=O) groups is 1. The second kappa shape index (κ2) is 7.40. The molecule has 0 aliphatic carbocycles. The van der Waals surface area contributed by atoms with Gasteiger partial charge in [0.2, 0.25) is 5.91 Å². The Bertz CT molecular complexity index is 922. The number of carbonyl (C=O) groups excluding carboxylic acids is 1. The lowest BCUT2D eigenvalue weighted by Gasteiger charge is -2.09. The second-order valence-corrected chi connectivity index (χ2v) is 6.34. The van der Waals surface area contributed by atoms with Crippen molar-refractivity contribution < 1.29 is 9.18 Å². The molecule has 2 heterocycles. The number of thioether (sulfide) groups is 1. The summed E-state index contributed by atoms with van der Waals surface area (Å²) in [7, 11) is 0. The number of nitrogens with zero attached hydrogens (tertiary/aromatic N) is 4. The molecule has 8 nitrogen and oxygen atoms in total. The Morgan fingerprint density at radius 1 is 1.19 bits per heavy atom. The van der Waals surface area contributed by atoms with E-state index in [1.165, 1.54) is 22.9 Å². The SMILES string of the molecule is Cc1cc(NC(=O)CSc2nc(N)cc(N)n2)n(-c2ccc(F)cc2)n1. The number of nitrogens with one attached hydrogen (secondary N) is 1. The van der Waals surface area contributed by atoms with Crippen LogP contribution >= 0.6 is 11.8 Å². The molecule has 0 spiro atoms. The van der Waals surface area contributed by atoms with Gasteiger partial charge in [-0.2, -0.15) is 5.10 Å². The van der Waals surface area contributed by atoms with E-state index in [4.69, 9.17) is 11.5 Å². The van der Waals surface area contributed by atoms with Gasteiger partial charge in [-0.25, -0.2) is 19.0 Å². The van der Waals surface area contributed by atoms with Gasteiger partial charge in [0.15, 0.2) is 5.16 Å².